The molecule has 0 spiro atoms. The summed E-state index contributed by atoms with van der Waals surface area (Å²) in [6.45, 7) is 1.41. The van der Waals surface area contributed by atoms with Crippen LogP contribution in [-0.2, 0) is 14.8 Å². The molecule has 0 unspecified atom stereocenters. The second-order valence-electron chi connectivity index (χ2n) is 6.13. The fraction of sp³-hybridized carbons (Fsp3) is 0.250. The normalized spacial score (nSPS) is 14.3. The van der Waals surface area contributed by atoms with Crippen LogP contribution in [-0.4, -0.2) is 34.5 Å². The first-order valence-corrected chi connectivity index (χ1v) is 10.8. The molecule has 8 nitrogen and oxygen atoms in total. The van der Waals surface area contributed by atoms with Gasteiger partial charge in [-0.1, -0.05) is 22.9 Å². The van der Waals surface area contributed by atoms with Gasteiger partial charge in [0.15, 0.2) is 10.3 Å². The van der Waals surface area contributed by atoms with Gasteiger partial charge in [0.2, 0.25) is 15.9 Å². The number of nitrogens with one attached hydrogen (secondary N) is 2. The highest BCUT2D eigenvalue weighted by molar-refractivity contribution is 7.93. The van der Waals surface area contributed by atoms with E-state index in [9.17, 15) is 13.2 Å². The largest absolute Gasteiger partial charge is 0.302 e. The van der Waals surface area contributed by atoms with Gasteiger partial charge in [0, 0.05) is 18.7 Å². The standard InChI is InChI=1S/C16H14ClN5O3S2/c1-8(23)19-16-21-12-5-4-11(20-15(12)26-16)9-6-13(14(17)18-7-9)22-27(24,25)10-2-3-10/h4-7,10,22H,2-3H2,1H3,(H,19,21,23). The van der Waals surface area contributed by atoms with Crippen LogP contribution >= 0.6 is 22.9 Å². The van der Waals surface area contributed by atoms with Gasteiger partial charge in [-0.05, 0) is 31.0 Å². The van der Waals surface area contributed by atoms with Gasteiger partial charge in [-0.3, -0.25) is 9.52 Å². The van der Waals surface area contributed by atoms with Crippen molar-refractivity contribution in [2.45, 2.75) is 25.0 Å². The lowest BCUT2D eigenvalue weighted by molar-refractivity contribution is -0.114. The molecule has 0 aromatic carbocycles. The number of thiazole rings is 1. The Morgan fingerprint density at radius 2 is 2.07 bits per heavy atom. The lowest BCUT2D eigenvalue weighted by Gasteiger charge is -2.10. The van der Waals surface area contributed by atoms with Crippen molar-refractivity contribution in [3.05, 3.63) is 29.5 Å². The first-order chi connectivity index (χ1) is 12.8. The van der Waals surface area contributed by atoms with Gasteiger partial charge in [0.05, 0.1) is 16.6 Å². The predicted octanol–water partition coefficient (Wildman–Crippen LogP) is 3.27. The minimum atomic E-state index is -3.45. The number of fused-ring (bicyclic) bond motifs is 1. The van der Waals surface area contributed by atoms with E-state index in [0.29, 0.717) is 39.6 Å². The molecule has 2 N–H and O–H groups in total. The van der Waals surface area contributed by atoms with Gasteiger partial charge in [-0.2, -0.15) is 0 Å². The van der Waals surface area contributed by atoms with E-state index in [0.717, 1.165) is 0 Å². The fourth-order valence-electron chi connectivity index (χ4n) is 2.46. The lowest BCUT2D eigenvalue weighted by atomic mass is 10.2. The first-order valence-electron chi connectivity index (χ1n) is 8.04. The molecule has 3 aromatic heterocycles. The minimum Gasteiger partial charge on any atom is -0.302 e. The number of anilines is 2. The molecule has 1 saturated carbocycles. The number of carbonyl (C=O) groups excluding carboxylic acids is 1. The van der Waals surface area contributed by atoms with Crippen LogP contribution in [0.1, 0.15) is 19.8 Å². The van der Waals surface area contributed by atoms with Gasteiger partial charge in [0.1, 0.15) is 10.3 Å². The van der Waals surface area contributed by atoms with E-state index >= 15 is 0 Å². The maximum Gasteiger partial charge on any atom is 0.235 e. The molecule has 0 atom stereocenters. The molecule has 3 heterocycles. The van der Waals surface area contributed by atoms with Crippen molar-refractivity contribution in [2.24, 2.45) is 0 Å². The van der Waals surface area contributed by atoms with Crippen LogP contribution < -0.4 is 10.0 Å². The maximum atomic E-state index is 12.2. The Bertz CT molecular complexity index is 1160. The lowest BCUT2D eigenvalue weighted by Crippen LogP contribution is -2.17. The average Bonchev–Trinajstić information content (AvgIpc) is 3.38. The van der Waals surface area contributed by atoms with Crippen LogP contribution in [0.5, 0.6) is 0 Å². The van der Waals surface area contributed by atoms with Crippen molar-refractivity contribution >= 4 is 60.0 Å². The molecule has 1 aliphatic rings. The Labute approximate surface area is 164 Å². The summed E-state index contributed by atoms with van der Waals surface area (Å²) in [7, 11) is -3.45. The summed E-state index contributed by atoms with van der Waals surface area (Å²) < 4.78 is 26.9. The molecule has 0 bridgehead atoms. The Morgan fingerprint density at radius 1 is 1.30 bits per heavy atom. The van der Waals surface area contributed by atoms with Gasteiger partial charge in [-0.15, -0.1) is 0 Å². The molecule has 3 aromatic rings. The van der Waals surface area contributed by atoms with E-state index in [4.69, 9.17) is 11.6 Å². The number of pyridine rings is 2. The number of nitrogens with zero attached hydrogens (tertiary/aromatic N) is 3. The molecule has 1 aliphatic carbocycles. The van der Waals surface area contributed by atoms with Gasteiger partial charge in [0.25, 0.3) is 0 Å². The summed E-state index contributed by atoms with van der Waals surface area (Å²) in [5, 5.41) is 2.81. The molecule has 140 valence electrons. The molecule has 4 rings (SSSR count). The molecule has 0 radical (unpaired) electrons. The quantitative estimate of drug-likeness (QED) is 0.609. The number of carbonyl (C=O) groups is 1. The molecule has 1 amide bonds. The van der Waals surface area contributed by atoms with E-state index in [1.165, 1.54) is 24.5 Å². The van der Waals surface area contributed by atoms with Crippen molar-refractivity contribution < 1.29 is 13.2 Å². The molecule has 27 heavy (non-hydrogen) atoms. The molecule has 11 heteroatoms. The number of amides is 1. The van der Waals surface area contributed by atoms with Crippen LogP contribution in [0.3, 0.4) is 0 Å². The van der Waals surface area contributed by atoms with Crippen molar-refractivity contribution in [3.63, 3.8) is 0 Å². The number of rotatable bonds is 5. The Morgan fingerprint density at radius 3 is 2.78 bits per heavy atom. The van der Waals surface area contributed by atoms with Crippen molar-refractivity contribution in [2.75, 3.05) is 10.0 Å². The van der Waals surface area contributed by atoms with E-state index in [-0.39, 0.29) is 22.0 Å². The van der Waals surface area contributed by atoms with Gasteiger partial charge in [-0.25, -0.2) is 23.4 Å². The summed E-state index contributed by atoms with van der Waals surface area (Å²) in [5.41, 5.74) is 2.09. The third-order valence-electron chi connectivity index (χ3n) is 3.89. The summed E-state index contributed by atoms with van der Waals surface area (Å²) in [6.07, 6.45) is 2.84. The van der Waals surface area contributed by atoms with Crippen molar-refractivity contribution in [3.8, 4) is 11.3 Å². The van der Waals surface area contributed by atoms with Crippen LogP contribution in [0, 0.1) is 0 Å². The average molecular weight is 424 g/mol. The Kier molecular flexibility index (Phi) is 4.49. The third kappa shape index (κ3) is 3.87. The van der Waals surface area contributed by atoms with Crippen LogP contribution in [0.15, 0.2) is 24.4 Å². The van der Waals surface area contributed by atoms with Crippen molar-refractivity contribution in [1.82, 2.24) is 15.0 Å². The minimum absolute atomic E-state index is 0.0785. The number of hydrogen-bond donors (Lipinski definition) is 2. The van der Waals surface area contributed by atoms with Gasteiger partial charge >= 0.3 is 0 Å². The first kappa shape index (κ1) is 18.1. The SMILES string of the molecule is CC(=O)Nc1nc2ccc(-c3cnc(Cl)c(NS(=O)(=O)C4CC4)c3)nc2s1. The fourth-order valence-corrected chi connectivity index (χ4v) is 4.93. The zero-order valence-corrected chi connectivity index (χ0v) is 16.5. The Balaban J connectivity index is 1.68. The van der Waals surface area contributed by atoms with E-state index < -0.39 is 10.0 Å². The highest BCUT2D eigenvalue weighted by Gasteiger charge is 2.36. The van der Waals surface area contributed by atoms with E-state index in [2.05, 4.69) is 25.0 Å². The van der Waals surface area contributed by atoms with Crippen molar-refractivity contribution in [1.29, 1.82) is 0 Å². The second kappa shape index (κ2) is 6.70. The third-order valence-corrected chi connectivity index (χ3v) is 6.92. The topological polar surface area (TPSA) is 114 Å². The molecule has 1 fully saturated rings. The monoisotopic (exact) mass is 423 g/mol. The molecular formula is C16H14ClN5O3S2. The second-order valence-corrected chi connectivity index (χ2v) is 9.43. The zero-order chi connectivity index (χ0) is 19.2. The molecular weight excluding hydrogens is 410 g/mol. The number of halogens is 1. The smallest absolute Gasteiger partial charge is 0.235 e. The van der Waals surface area contributed by atoms with Crippen LogP contribution in [0.2, 0.25) is 5.15 Å². The number of hydrogen-bond acceptors (Lipinski definition) is 7. The highest BCUT2D eigenvalue weighted by atomic mass is 35.5. The van der Waals surface area contributed by atoms with E-state index in [1.54, 1.807) is 18.2 Å². The van der Waals surface area contributed by atoms with Gasteiger partial charge < -0.3 is 5.32 Å². The summed E-state index contributed by atoms with van der Waals surface area (Å²) >= 11 is 7.31. The summed E-state index contributed by atoms with van der Waals surface area (Å²) in [5.74, 6) is -0.205. The van der Waals surface area contributed by atoms with E-state index in [1.807, 2.05) is 0 Å². The van der Waals surface area contributed by atoms with Crippen LogP contribution in [0.4, 0.5) is 10.8 Å². The number of aromatic nitrogens is 3. The van der Waals surface area contributed by atoms with Crippen LogP contribution in [0.25, 0.3) is 21.6 Å². The Hall–Kier alpha value is -2.30. The molecule has 0 saturated heterocycles. The summed E-state index contributed by atoms with van der Waals surface area (Å²) in [6, 6.07) is 5.14. The maximum absolute atomic E-state index is 12.2. The predicted molar refractivity (Wildman–Crippen MR) is 106 cm³/mol. The molecule has 0 aliphatic heterocycles. The number of sulfonamides is 1. The summed E-state index contributed by atoms with van der Waals surface area (Å²) in [4.78, 5) is 24.7. The zero-order valence-electron chi connectivity index (χ0n) is 14.1. The highest BCUT2D eigenvalue weighted by Crippen LogP contribution is 2.33.